The molecule has 2 aromatic heterocycles. The van der Waals surface area contributed by atoms with Crippen molar-refractivity contribution in [2.45, 2.75) is 0 Å². The second-order valence-corrected chi connectivity index (χ2v) is 3.40. The second kappa shape index (κ2) is 3.24. The van der Waals surface area contributed by atoms with Crippen LogP contribution in [0.2, 0.25) is 0 Å². The molecular weight excluding hydrogens is 184 g/mol. The summed E-state index contributed by atoms with van der Waals surface area (Å²) >= 11 is 0. The Morgan fingerprint density at radius 3 is 2.80 bits per heavy atom. The third kappa shape index (κ3) is 1.40. The minimum atomic E-state index is 0.884. The van der Waals surface area contributed by atoms with E-state index in [0.717, 1.165) is 22.2 Å². The molecule has 2 heterocycles. The van der Waals surface area contributed by atoms with Gasteiger partial charge in [-0.05, 0) is 11.6 Å². The van der Waals surface area contributed by atoms with Gasteiger partial charge in [-0.25, -0.2) is 4.98 Å². The summed E-state index contributed by atoms with van der Waals surface area (Å²) in [5.74, 6) is 0. The molecule has 0 amide bonds. The van der Waals surface area contributed by atoms with E-state index in [1.807, 2.05) is 36.7 Å². The van der Waals surface area contributed by atoms with Gasteiger partial charge in [0, 0.05) is 29.4 Å². The zero-order chi connectivity index (χ0) is 10.1. The summed E-state index contributed by atoms with van der Waals surface area (Å²) in [6.07, 6.45) is 3.72. The van der Waals surface area contributed by atoms with Crippen molar-refractivity contribution in [3.05, 3.63) is 54.9 Å². The third-order valence-electron chi connectivity index (χ3n) is 2.40. The first-order chi connectivity index (χ1) is 7.43. The van der Waals surface area contributed by atoms with Crippen molar-refractivity contribution in [3.8, 4) is 11.1 Å². The fourth-order valence-electron chi connectivity index (χ4n) is 1.64. The number of rotatable bonds is 1. The number of nitrogens with zero attached hydrogens (tertiary/aromatic N) is 1. The van der Waals surface area contributed by atoms with Gasteiger partial charge < -0.3 is 4.98 Å². The van der Waals surface area contributed by atoms with Crippen LogP contribution in [0, 0.1) is 6.07 Å². The van der Waals surface area contributed by atoms with Crippen LogP contribution in [0.15, 0.2) is 48.8 Å². The fraction of sp³-hybridized carbons (Fsp3) is 0. The molecular formula is C13H9N2. The molecule has 0 bridgehead atoms. The average molecular weight is 193 g/mol. The molecule has 0 aliphatic carbocycles. The van der Waals surface area contributed by atoms with Gasteiger partial charge in [0.25, 0.3) is 0 Å². The number of aromatic amines is 1. The molecule has 71 valence electrons. The van der Waals surface area contributed by atoms with E-state index in [9.17, 15) is 0 Å². The quantitative estimate of drug-likeness (QED) is 0.632. The van der Waals surface area contributed by atoms with Crippen molar-refractivity contribution in [2.75, 3.05) is 0 Å². The predicted molar refractivity (Wildman–Crippen MR) is 60.4 cm³/mol. The Labute approximate surface area is 87.6 Å². The van der Waals surface area contributed by atoms with Gasteiger partial charge in [-0.15, -0.1) is 0 Å². The number of benzene rings is 1. The summed E-state index contributed by atoms with van der Waals surface area (Å²) in [6.45, 7) is 0. The molecule has 1 aromatic carbocycles. The Kier molecular flexibility index (Phi) is 1.78. The molecule has 3 rings (SSSR count). The Balaban J connectivity index is 2.19. The van der Waals surface area contributed by atoms with Gasteiger partial charge in [-0.3, -0.25) is 0 Å². The lowest BCUT2D eigenvalue weighted by molar-refractivity contribution is 1.32. The maximum absolute atomic E-state index is 4.33. The summed E-state index contributed by atoms with van der Waals surface area (Å²) in [5, 5.41) is 1.02. The van der Waals surface area contributed by atoms with Gasteiger partial charge in [0.2, 0.25) is 0 Å². The highest BCUT2D eigenvalue weighted by atomic mass is 14.8. The average Bonchev–Trinajstić information content (AvgIpc) is 2.77. The van der Waals surface area contributed by atoms with E-state index in [0.29, 0.717) is 0 Å². The molecule has 1 radical (unpaired) electrons. The highest BCUT2D eigenvalue weighted by Gasteiger charge is 2.00. The van der Waals surface area contributed by atoms with Crippen molar-refractivity contribution in [2.24, 2.45) is 0 Å². The SMILES string of the molecule is [c]1c(-c2ccccc2)cnc2[nH]ccc12. The van der Waals surface area contributed by atoms with E-state index in [4.69, 9.17) is 0 Å². The Morgan fingerprint density at radius 2 is 1.93 bits per heavy atom. The monoisotopic (exact) mass is 193 g/mol. The molecule has 0 saturated heterocycles. The molecule has 0 fully saturated rings. The summed E-state index contributed by atoms with van der Waals surface area (Å²) in [4.78, 5) is 7.39. The molecule has 0 unspecified atom stereocenters. The smallest absolute Gasteiger partial charge is 0.137 e. The summed E-state index contributed by atoms with van der Waals surface area (Å²) in [7, 11) is 0. The van der Waals surface area contributed by atoms with Crippen molar-refractivity contribution in [1.29, 1.82) is 0 Å². The molecule has 0 spiro atoms. The van der Waals surface area contributed by atoms with E-state index in [1.165, 1.54) is 0 Å². The number of hydrogen-bond acceptors (Lipinski definition) is 1. The van der Waals surface area contributed by atoms with Crippen LogP contribution in [0.5, 0.6) is 0 Å². The summed E-state index contributed by atoms with van der Waals surface area (Å²) in [6, 6.07) is 15.5. The normalized spacial score (nSPS) is 10.7. The third-order valence-corrected chi connectivity index (χ3v) is 2.40. The first-order valence-corrected chi connectivity index (χ1v) is 4.84. The maximum atomic E-state index is 4.33. The molecule has 15 heavy (non-hydrogen) atoms. The van der Waals surface area contributed by atoms with Crippen molar-refractivity contribution in [3.63, 3.8) is 0 Å². The van der Waals surface area contributed by atoms with Gasteiger partial charge >= 0.3 is 0 Å². The van der Waals surface area contributed by atoms with Crippen LogP contribution >= 0.6 is 0 Å². The first-order valence-electron chi connectivity index (χ1n) is 4.84. The number of hydrogen-bond donors (Lipinski definition) is 1. The zero-order valence-electron chi connectivity index (χ0n) is 8.07. The molecule has 0 aliphatic heterocycles. The Hall–Kier alpha value is -2.09. The standard InChI is InChI=1S/C13H9N2/c1-2-4-10(5-3-1)12-8-11-6-7-14-13(11)15-9-12/h1-7,9H,(H,14,15). The lowest BCUT2D eigenvalue weighted by atomic mass is 10.1. The number of aromatic nitrogens is 2. The highest BCUT2D eigenvalue weighted by Crippen LogP contribution is 2.20. The van der Waals surface area contributed by atoms with Crippen LogP contribution in [0.3, 0.4) is 0 Å². The van der Waals surface area contributed by atoms with E-state index in [1.54, 1.807) is 0 Å². The largest absolute Gasteiger partial charge is 0.346 e. The minimum absolute atomic E-state index is 0.884. The van der Waals surface area contributed by atoms with Gasteiger partial charge in [0.1, 0.15) is 5.65 Å². The summed E-state index contributed by atoms with van der Waals surface area (Å²) in [5.41, 5.74) is 3.06. The Morgan fingerprint density at radius 1 is 1.07 bits per heavy atom. The lowest BCUT2D eigenvalue weighted by Crippen LogP contribution is -1.81. The first kappa shape index (κ1) is 8.24. The van der Waals surface area contributed by atoms with Crippen LogP contribution in [0.25, 0.3) is 22.2 Å². The Bertz CT molecular complexity index is 582. The maximum Gasteiger partial charge on any atom is 0.137 e. The molecule has 3 aromatic rings. The number of pyridine rings is 1. The fourth-order valence-corrected chi connectivity index (χ4v) is 1.64. The van der Waals surface area contributed by atoms with Crippen LogP contribution in [0.1, 0.15) is 0 Å². The minimum Gasteiger partial charge on any atom is -0.346 e. The molecule has 0 saturated carbocycles. The van der Waals surface area contributed by atoms with E-state index < -0.39 is 0 Å². The van der Waals surface area contributed by atoms with E-state index in [-0.39, 0.29) is 0 Å². The van der Waals surface area contributed by atoms with Crippen LogP contribution < -0.4 is 0 Å². The zero-order valence-corrected chi connectivity index (χ0v) is 8.07. The molecule has 2 heteroatoms. The molecule has 2 nitrogen and oxygen atoms in total. The van der Waals surface area contributed by atoms with Crippen LogP contribution in [-0.4, -0.2) is 9.97 Å². The van der Waals surface area contributed by atoms with Gasteiger partial charge in [-0.1, -0.05) is 30.3 Å². The highest BCUT2D eigenvalue weighted by molar-refractivity contribution is 5.80. The van der Waals surface area contributed by atoms with E-state index >= 15 is 0 Å². The molecule has 1 N–H and O–H groups in total. The predicted octanol–water partition coefficient (Wildman–Crippen LogP) is 3.03. The number of nitrogens with one attached hydrogen (secondary N) is 1. The molecule has 0 aliphatic rings. The van der Waals surface area contributed by atoms with Crippen molar-refractivity contribution >= 4 is 11.0 Å². The van der Waals surface area contributed by atoms with Crippen molar-refractivity contribution < 1.29 is 0 Å². The van der Waals surface area contributed by atoms with Crippen LogP contribution in [0.4, 0.5) is 0 Å². The molecule has 0 atom stereocenters. The summed E-state index contributed by atoms with van der Waals surface area (Å²) < 4.78 is 0. The van der Waals surface area contributed by atoms with Gasteiger partial charge in [-0.2, -0.15) is 0 Å². The van der Waals surface area contributed by atoms with Crippen LogP contribution in [-0.2, 0) is 0 Å². The van der Waals surface area contributed by atoms with E-state index in [2.05, 4.69) is 28.2 Å². The number of H-pyrrole nitrogens is 1. The van der Waals surface area contributed by atoms with Gasteiger partial charge in [0.15, 0.2) is 0 Å². The lowest BCUT2D eigenvalue weighted by Gasteiger charge is -1.99. The van der Waals surface area contributed by atoms with Crippen molar-refractivity contribution in [1.82, 2.24) is 9.97 Å². The number of fused-ring (bicyclic) bond motifs is 1. The van der Waals surface area contributed by atoms with Gasteiger partial charge in [0.05, 0.1) is 0 Å². The topological polar surface area (TPSA) is 28.7 Å². The second-order valence-electron chi connectivity index (χ2n) is 3.40.